The van der Waals surface area contributed by atoms with Gasteiger partial charge in [-0.05, 0) is 39.8 Å². The van der Waals surface area contributed by atoms with Crippen LogP contribution >= 0.6 is 0 Å². The fraction of sp³-hybridized carbons (Fsp3) is 0.800. The topological polar surface area (TPSA) is 32.8 Å². The third-order valence-electron chi connectivity index (χ3n) is 3.75. The summed E-state index contributed by atoms with van der Waals surface area (Å²) in [5, 5.41) is 0. The van der Waals surface area contributed by atoms with Crippen LogP contribution in [-0.4, -0.2) is 61.6 Å². The van der Waals surface area contributed by atoms with E-state index in [9.17, 15) is 4.79 Å². The third kappa shape index (κ3) is 6.21. The number of piperidine rings is 1. The molecule has 0 N–H and O–H groups in total. The van der Waals surface area contributed by atoms with Gasteiger partial charge in [0, 0.05) is 19.1 Å². The van der Waals surface area contributed by atoms with Crippen molar-refractivity contribution in [3.05, 3.63) is 12.7 Å². The van der Waals surface area contributed by atoms with Gasteiger partial charge in [0.2, 0.25) is 0 Å². The predicted molar refractivity (Wildman–Crippen MR) is 78.2 cm³/mol. The highest BCUT2D eigenvalue weighted by atomic mass is 16.5. The van der Waals surface area contributed by atoms with Gasteiger partial charge < -0.3 is 9.64 Å². The molecular weight excluding hydrogens is 240 g/mol. The number of carbonyl (C=O) groups excluding carboxylic acids is 1. The Hall–Kier alpha value is -0.870. The summed E-state index contributed by atoms with van der Waals surface area (Å²) >= 11 is 0. The van der Waals surface area contributed by atoms with E-state index in [2.05, 4.69) is 23.4 Å². The van der Waals surface area contributed by atoms with E-state index in [1.807, 2.05) is 13.0 Å². The Morgan fingerprint density at radius 3 is 2.95 bits per heavy atom. The first kappa shape index (κ1) is 16.2. The highest BCUT2D eigenvalue weighted by molar-refractivity contribution is 5.71. The summed E-state index contributed by atoms with van der Waals surface area (Å²) < 4.78 is 5.01. The van der Waals surface area contributed by atoms with E-state index in [0.29, 0.717) is 19.2 Å². The Balaban J connectivity index is 2.35. The summed E-state index contributed by atoms with van der Waals surface area (Å²) in [6.45, 7) is 9.30. The fourth-order valence-corrected chi connectivity index (χ4v) is 2.65. The predicted octanol–water partition coefficient (Wildman–Crippen LogP) is 1.91. The number of hydrogen-bond donors (Lipinski definition) is 0. The molecule has 0 amide bonds. The Labute approximate surface area is 117 Å². The van der Waals surface area contributed by atoms with Gasteiger partial charge in [-0.2, -0.15) is 0 Å². The van der Waals surface area contributed by atoms with Crippen LogP contribution in [-0.2, 0) is 9.53 Å². The van der Waals surface area contributed by atoms with Crippen molar-refractivity contribution in [1.82, 2.24) is 9.80 Å². The van der Waals surface area contributed by atoms with Crippen LogP contribution < -0.4 is 0 Å². The van der Waals surface area contributed by atoms with Gasteiger partial charge in [0.1, 0.15) is 0 Å². The van der Waals surface area contributed by atoms with Gasteiger partial charge in [-0.25, -0.2) is 0 Å². The molecule has 0 radical (unpaired) electrons. The summed E-state index contributed by atoms with van der Waals surface area (Å²) in [6.07, 6.45) is 6.88. The largest absolute Gasteiger partial charge is 0.465 e. The number of hydrogen-bond acceptors (Lipinski definition) is 4. The molecule has 0 bridgehead atoms. The number of likely N-dealkylation sites (tertiary alicyclic amines) is 1. The molecule has 1 heterocycles. The average Bonchev–Trinajstić information content (AvgIpc) is 2.38. The summed E-state index contributed by atoms with van der Waals surface area (Å²) in [5.41, 5.74) is 0. The van der Waals surface area contributed by atoms with Crippen LogP contribution in [0.5, 0.6) is 0 Å². The zero-order chi connectivity index (χ0) is 14.1. The molecule has 0 aliphatic carbocycles. The molecular formula is C15H28N2O2. The van der Waals surface area contributed by atoms with E-state index in [1.54, 1.807) is 0 Å². The van der Waals surface area contributed by atoms with Crippen molar-refractivity contribution >= 4 is 5.97 Å². The van der Waals surface area contributed by atoms with E-state index in [1.165, 1.54) is 25.8 Å². The van der Waals surface area contributed by atoms with Crippen molar-refractivity contribution in [3.63, 3.8) is 0 Å². The number of nitrogens with zero attached hydrogens (tertiary/aromatic N) is 2. The van der Waals surface area contributed by atoms with E-state index < -0.39 is 0 Å². The van der Waals surface area contributed by atoms with Crippen LogP contribution in [0.1, 0.15) is 32.6 Å². The summed E-state index contributed by atoms with van der Waals surface area (Å²) in [6, 6.07) is 0.656. The van der Waals surface area contributed by atoms with E-state index in [0.717, 1.165) is 19.5 Å². The molecule has 1 aliphatic rings. The monoisotopic (exact) mass is 268 g/mol. The minimum Gasteiger partial charge on any atom is -0.465 e. The average molecular weight is 268 g/mol. The minimum atomic E-state index is -0.138. The smallest absolute Gasteiger partial charge is 0.320 e. The van der Waals surface area contributed by atoms with Crippen LogP contribution in [0.25, 0.3) is 0 Å². The lowest BCUT2D eigenvalue weighted by Gasteiger charge is -2.33. The first-order chi connectivity index (χ1) is 9.17. The maximum Gasteiger partial charge on any atom is 0.320 e. The van der Waals surface area contributed by atoms with Gasteiger partial charge in [0.15, 0.2) is 0 Å². The molecule has 0 aromatic rings. The van der Waals surface area contributed by atoms with Gasteiger partial charge >= 0.3 is 5.97 Å². The molecule has 1 fully saturated rings. The maximum absolute atomic E-state index is 11.5. The first-order valence-electron chi connectivity index (χ1n) is 7.36. The van der Waals surface area contributed by atoms with Crippen LogP contribution in [0.3, 0.4) is 0 Å². The van der Waals surface area contributed by atoms with Crippen LogP contribution in [0.2, 0.25) is 0 Å². The molecule has 1 atom stereocenters. The van der Waals surface area contributed by atoms with Gasteiger partial charge in [-0.15, -0.1) is 6.58 Å². The van der Waals surface area contributed by atoms with Crippen molar-refractivity contribution in [2.75, 3.05) is 39.8 Å². The van der Waals surface area contributed by atoms with Crippen molar-refractivity contribution in [3.8, 4) is 0 Å². The van der Waals surface area contributed by atoms with Crippen molar-refractivity contribution in [2.24, 2.45) is 0 Å². The quantitative estimate of drug-likeness (QED) is 0.497. The molecule has 19 heavy (non-hydrogen) atoms. The SMILES string of the molecule is C=CCN(CCC1CCCCN1C)CC(=O)OCC. The van der Waals surface area contributed by atoms with Crippen LogP contribution in [0, 0.1) is 0 Å². The van der Waals surface area contributed by atoms with Gasteiger partial charge in [0.05, 0.1) is 13.2 Å². The molecule has 0 spiro atoms. The zero-order valence-corrected chi connectivity index (χ0v) is 12.4. The third-order valence-corrected chi connectivity index (χ3v) is 3.75. The van der Waals surface area contributed by atoms with E-state index in [-0.39, 0.29) is 5.97 Å². The Bertz CT molecular complexity index is 281. The molecule has 4 heteroatoms. The lowest BCUT2D eigenvalue weighted by molar-refractivity contribution is -0.144. The standard InChI is InChI=1S/C15H28N2O2/c1-4-10-17(13-15(18)19-5-2)12-9-14-8-6-7-11-16(14)3/h4,14H,1,5-13H2,2-3H3. The molecule has 1 rings (SSSR count). The zero-order valence-electron chi connectivity index (χ0n) is 12.4. The molecule has 0 aromatic carbocycles. The second kappa shape index (κ2) is 9.10. The normalized spacial score (nSPS) is 20.5. The first-order valence-corrected chi connectivity index (χ1v) is 7.36. The molecule has 110 valence electrons. The number of esters is 1. The van der Waals surface area contributed by atoms with Crippen molar-refractivity contribution in [2.45, 2.75) is 38.6 Å². The molecule has 0 aromatic heterocycles. The summed E-state index contributed by atoms with van der Waals surface area (Å²) in [4.78, 5) is 16.1. The fourth-order valence-electron chi connectivity index (χ4n) is 2.65. The molecule has 1 unspecified atom stereocenters. The maximum atomic E-state index is 11.5. The minimum absolute atomic E-state index is 0.138. The van der Waals surface area contributed by atoms with Crippen molar-refractivity contribution in [1.29, 1.82) is 0 Å². The molecule has 4 nitrogen and oxygen atoms in total. The van der Waals surface area contributed by atoms with Crippen LogP contribution in [0.4, 0.5) is 0 Å². The van der Waals surface area contributed by atoms with E-state index >= 15 is 0 Å². The summed E-state index contributed by atoms with van der Waals surface area (Å²) in [5.74, 6) is -0.138. The van der Waals surface area contributed by atoms with Gasteiger partial charge in [-0.3, -0.25) is 9.69 Å². The Kier molecular flexibility index (Phi) is 7.75. The Morgan fingerprint density at radius 2 is 2.32 bits per heavy atom. The van der Waals surface area contributed by atoms with Crippen LogP contribution in [0.15, 0.2) is 12.7 Å². The van der Waals surface area contributed by atoms with E-state index in [4.69, 9.17) is 4.74 Å². The van der Waals surface area contributed by atoms with Gasteiger partial charge in [-0.1, -0.05) is 12.5 Å². The van der Waals surface area contributed by atoms with Gasteiger partial charge in [0.25, 0.3) is 0 Å². The molecule has 1 saturated heterocycles. The number of ether oxygens (including phenoxy) is 1. The molecule has 0 saturated carbocycles. The highest BCUT2D eigenvalue weighted by Crippen LogP contribution is 2.18. The molecule has 1 aliphatic heterocycles. The number of rotatable bonds is 8. The number of carbonyl (C=O) groups is 1. The summed E-state index contributed by atoms with van der Waals surface area (Å²) in [7, 11) is 2.20. The Morgan fingerprint density at radius 1 is 1.53 bits per heavy atom. The second-order valence-electron chi connectivity index (χ2n) is 5.25. The lowest BCUT2D eigenvalue weighted by Crippen LogP contribution is -2.40. The highest BCUT2D eigenvalue weighted by Gasteiger charge is 2.20. The van der Waals surface area contributed by atoms with Crippen molar-refractivity contribution < 1.29 is 9.53 Å². The second-order valence-corrected chi connectivity index (χ2v) is 5.25. The lowest BCUT2D eigenvalue weighted by atomic mass is 10.00.